The first-order valence-electron chi connectivity index (χ1n) is 3.87. The van der Waals surface area contributed by atoms with Crippen LogP contribution in [-0.2, 0) is 25.8 Å². The Labute approximate surface area is 118 Å². The average Bonchev–Trinajstić information content (AvgIpc) is 2.38. The molecule has 0 heterocycles. The second-order valence-electron chi connectivity index (χ2n) is 2.67. The predicted molar refractivity (Wildman–Crippen MR) is 49.1 cm³/mol. The van der Waals surface area contributed by atoms with Gasteiger partial charge in [-0.1, -0.05) is 12.2 Å². The van der Waals surface area contributed by atoms with Gasteiger partial charge >= 0.3 is 0 Å². The maximum absolute atomic E-state index is 3.70. The van der Waals surface area contributed by atoms with Gasteiger partial charge in [0.1, 0.15) is 0 Å². The summed E-state index contributed by atoms with van der Waals surface area (Å²) in [6.07, 6.45) is 12.3. The topological polar surface area (TPSA) is 0 Å². The van der Waals surface area contributed by atoms with Crippen LogP contribution in [-0.4, -0.2) is 0 Å². The van der Waals surface area contributed by atoms with Crippen molar-refractivity contribution >= 4 is 0 Å². The molecule has 1 aliphatic carbocycles. The minimum absolute atomic E-state index is 0. The summed E-state index contributed by atoms with van der Waals surface area (Å²) in [5.41, 5.74) is 2.69. The molecule has 1 aliphatic rings. The van der Waals surface area contributed by atoms with Crippen molar-refractivity contribution in [2.45, 2.75) is 19.3 Å². The molecule has 14 heavy (non-hydrogen) atoms. The van der Waals surface area contributed by atoms with Crippen molar-refractivity contribution in [3.8, 4) is 0 Å². The number of allylic oxidation sites excluding steroid dienone is 6. The van der Waals surface area contributed by atoms with E-state index in [0.717, 1.165) is 19.3 Å². The fraction of sp³-hybridized carbons (Fsp3) is 0.273. The molecule has 0 aromatic carbocycles. The molecule has 0 aliphatic heterocycles. The normalized spacial score (nSPS) is 12.3. The summed E-state index contributed by atoms with van der Waals surface area (Å²) in [5.74, 6) is 0. The Balaban J connectivity index is -0.000000403. The summed E-state index contributed by atoms with van der Waals surface area (Å²) < 4.78 is 0. The standard InChI is InChI=1S/C11H13.2ClH.Hf/c1-3-5-10-7-8-11(9-10)6-4-2;;;/h3-4,9H,1-2,5-7H2;2*1H;/q-1;;;/p-2. The summed E-state index contributed by atoms with van der Waals surface area (Å²) in [5, 5.41) is 0. The van der Waals surface area contributed by atoms with Crippen LogP contribution in [0.1, 0.15) is 19.3 Å². The first kappa shape index (κ1) is 19.9. The average molecular weight is 395 g/mol. The quantitative estimate of drug-likeness (QED) is 0.275. The summed E-state index contributed by atoms with van der Waals surface area (Å²) in [7, 11) is 0. The zero-order valence-corrected chi connectivity index (χ0v) is 13.1. The monoisotopic (exact) mass is 395 g/mol. The van der Waals surface area contributed by atoms with Gasteiger partial charge in [-0.15, -0.1) is 19.6 Å². The van der Waals surface area contributed by atoms with E-state index in [2.05, 4.69) is 25.3 Å². The van der Waals surface area contributed by atoms with Crippen molar-refractivity contribution < 1.29 is 50.7 Å². The van der Waals surface area contributed by atoms with Gasteiger partial charge in [0, 0.05) is 25.8 Å². The molecule has 0 bridgehead atoms. The third-order valence-electron chi connectivity index (χ3n) is 1.69. The third kappa shape index (κ3) is 6.80. The van der Waals surface area contributed by atoms with E-state index in [1.807, 2.05) is 12.2 Å². The van der Waals surface area contributed by atoms with Crippen LogP contribution in [0.3, 0.4) is 0 Å². The van der Waals surface area contributed by atoms with E-state index in [1.165, 1.54) is 11.1 Å². The van der Waals surface area contributed by atoms with Crippen LogP contribution in [0.5, 0.6) is 0 Å². The van der Waals surface area contributed by atoms with Crippen LogP contribution in [0.25, 0.3) is 0 Å². The molecule has 0 amide bonds. The van der Waals surface area contributed by atoms with E-state index in [0.29, 0.717) is 0 Å². The van der Waals surface area contributed by atoms with Gasteiger partial charge in [0.2, 0.25) is 0 Å². The Morgan fingerprint density at radius 1 is 1.21 bits per heavy atom. The van der Waals surface area contributed by atoms with Crippen LogP contribution < -0.4 is 24.8 Å². The number of hydrogen-bond acceptors (Lipinski definition) is 0. The molecule has 0 radical (unpaired) electrons. The third-order valence-corrected chi connectivity index (χ3v) is 1.69. The van der Waals surface area contributed by atoms with Crippen molar-refractivity contribution in [1.82, 2.24) is 0 Å². The first-order valence-corrected chi connectivity index (χ1v) is 3.87. The number of rotatable bonds is 4. The Bertz CT molecular complexity index is 229. The Hall–Kier alpha value is 0.410. The zero-order valence-electron chi connectivity index (χ0n) is 8.02. The minimum Gasteiger partial charge on any atom is -1.00 e. The zero-order chi connectivity index (χ0) is 8.10. The Morgan fingerprint density at radius 2 is 1.79 bits per heavy atom. The van der Waals surface area contributed by atoms with Gasteiger partial charge in [-0.25, -0.2) is 11.6 Å². The summed E-state index contributed by atoms with van der Waals surface area (Å²) >= 11 is 0. The second kappa shape index (κ2) is 11.5. The Morgan fingerprint density at radius 3 is 2.29 bits per heavy atom. The van der Waals surface area contributed by atoms with E-state index in [9.17, 15) is 0 Å². The van der Waals surface area contributed by atoms with Crippen molar-refractivity contribution in [2.75, 3.05) is 0 Å². The predicted octanol–water partition coefficient (Wildman–Crippen LogP) is -2.80. The molecular weight excluding hydrogens is 382 g/mol. The molecule has 0 unspecified atom stereocenters. The largest absolute Gasteiger partial charge is 1.00 e. The van der Waals surface area contributed by atoms with Crippen molar-refractivity contribution in [3.05, 3.63) is 48.6 Å². The van der Waals surface area contributed by atoms with E-state index in [4.69, 9.17) is 0 Å². The molecule has 3 heteroatoms. The smallest absolute Gasteiger partial charge is 0 e. The van der Waals surface area contributed by atoms with Gasteiger partial charge in [0.25, 0.3) is 0 Å². The van der Waals surface area contributed by atoms with Gasteiger partial charge in [0.05, 0.1) is 0 Å². The van der Waals surface area contributed by atoms with E-state index in [1.54, 1.807) is 0 Å². The molecule has 0 fully saturated rings. The van der Waals surface area contributed by atoms with Gasteiger partial charge in [0.15, 0.2) is 0 Å². The summed E-state index contributed by atoms with van der Waals surface area (Å²) in [6, 6.07) is 0. The van der Waals surface area contributed by atoms with Crippen molar-refractivity contribution in [3.63, 3.8) is 0 Å². The minimum atomic E-state index is 0. The maximum Gasteiger partial charge on any atom is 0 e. The molecule has 0 aromatic heterocycles. The molecule has 0 spiro atoms. The Kier molecular flexibility index (Phi) is 16.3. The van der Waals surface area contributed by atoms with E-state index >= 15 is 0 Å². The molecule has 0 nitrogen and oxygen atoms in total. The van der Waals surface area contributed by atoms with Crippen LogP contribution in [0, 0.1) is 6.08 Å². The fourth-order valence-electron chi connectivity index (χ4n) is 1.18. The van der Waals surface area contributed by atoms with Crippen molar-refractivity contribution in [1.29, 1.82) is 0 Å². The fourth-order valence-corrected chi connectivity index (χ4v) is 1.18. The first-order chi connectivity index (χ1) is 5.36. The van der Waals surface area contributed by atoms with Crippen LogP contribution in [0.15, 0.2) is 42.5 Å². The van der Waals surface area contributed by atoms with Gasteiger partial charge in [-0.2, -0.15) is 5.57 Å². The van der Waals surface area contributed by atoms with Crippen LogP contribution >= 0.6 is 0 Å². The van der Waals surface area contributed by atoms with E-state index in [-0.39, 0.29) is 50.7 Å². The summed E-state index contributed by atoms with van der Waals surface area (Å²) in [4.78, 5) is 0. The molecular formula is C11H13Cl2Hf-3. The summed E-state index contributed by atoms with van der Waals surface area (Å²) in [6.45, 7) is 7.38. The molecule has 0 atom stereocenters. The van der Waals surface area contributed by atoms with Crippen molar-refractivity contribution in [2.24, 2.45) is 0 Å². The molecule has 0 saturated heterocycles. The molecule has 78 valence electrons. The van der Waals surface area contributed by atoms with Gasteiger partial charge < -0.3 is 24.8 Å². The number of hydrogen-bond donors (Lipinski definition) is 0. The van der Waals surface area contributed by atoms with Crippen LogP contribution in [0.2, 0.25) is 0 Å². The number of halogens is 2. The second-order valence-corrected chi connectivity index (χ2v) is 2.67. The SMILES string of the molecule is C=CCC1=[C-]CC(CC=C)=C1.[Cl-].[Cl-].[Hf]. The van der Waals surface area contributed by atoms with Crippen LogP contribution in [0.4, 0.5) is 0 Å². The molecule has 0 aromatic rings. The molecule has 0 saturated carbocycles. The van der Waals surface area contributed by atoms with E-state index < -0.39 is 0 Å². The maximum atomic E-state index is 3.70. The van der Waals surface area contributed by atoms with Gasteiger partial charge in [-0.3, -0.25) is 6.08 Å². The molecule has 1 rings (SSSR count). The van der Waals surface area contributed by atoms with Gasteiger partial charge in [-0.05, 0) is 12.8 Å². The molecule has 0 N–H and O–H groups in total.